The van der Waals surface area contributed by atoms with Crippen molar-refractivity contribution in [2.75, 3.05) is 5.32 Å². The predicted molar refractivity (Wildman–Crippen MR) is 75.0 cm³/mol. The molecule has 2 rings (SSSR count). The van der Waals surface area contributed by atoms with Gasteiger partial charge in [0.15, 0.2) is 0 Å². The summed E-state index contributed by atoms with van der Waals surface area (Å²) in [5.74, 6) is -1.01. The summed E-state index contributed by atoms with van der Waals surface area (Å²) < 4.78 is 0. The zero-order chi connectivity index (χ0) is 13.7. The molecule has 0 atom stereocenters. The van der Waals surface area contributed by atoms with E-state index in [1.54, 1.807) is 6.07 Å². The van der Waals surface area contributed by atoms with E-state index in [1.807, 2.05) is 55.5 Å². The molecular formula is C16H15NO2. The van der Waals surface area contributed by atoms with Crippen LogP contribution in [0, 0.1) is 6.92 Å². The van der Waals surface area contributed by atoms with Crippen LogP contribution in [0.5, 0.6) is 0 Å². The van der Waals surface area contributed by atoms with E-state index in [-0.39, 0.29) is 6.42 Å². The molecule has 0 aromatic heterocycles. The fourth-order valence-corrected chi connectivity index (χ4v) is 1.77. The number of carbonyl (C=O) groups excluding carboxylic acids is 2. The fourth-order valence-electron chi connectivity index (χ4n) is 1.77. The second-order valence-corrected chi connectivity index (χ2v) is 4.35. The largest absolute Gasteiger partial charge is 0.319 e. The van der Waals surface area contributed by atoms with Crippen molar-refractivity contribution in [1.29, 1.82) is 0 Å². The van der Waals surface area contributed by atoms with Crippen molar-refractivity contribution in [2.24, 2.45) is 0 Å². The number of Topliss-reactive ketones (excluding diaryl/α,β-unsaturated/α-hetero) is 1. The first kappa shape index (κ1) is 13.0. The highest BCUT2D eigenvalue weighted by Crippen LogP contribution is 2.13. The lowest BCUT2D eigenvalue weighted by Crippen LogP contribution is -2.24. The van der Waals surface area contributed by atoms with E-state index in [2.05, 4.69) is 5.32 Å². The molecule has 0 saturated carbocycles. The Bertz CT molecular complexity index is 591. The number of hydrogen-bond acceptors (Lipinski definition) is 2. The number of benzene rings is 2. The molecule has 0 saturated heterocycles. The minimum atomic E-state index is -0.571. The number of rotatable bonds is 4. The summed E-state index contributed by atoms with van der Waals surface area (Å²) in [5.41, 5.74) is 2.45. The SMILES string of the molecule is Cc1ccccc1NC(=O)C(=O)Cc1ccccc1. The maximum atomic E-state index is 11.8. The van der Waals surface area contributed by atoms with E-state index in [0.29, 0.717) is 5.69 Å². The van der Waals surface area contributed by atoms with Crippen LogP contribution in [0.4, 0.5) is 5.69 Å². The first-order valence-electron chi connectivity index (χ1n) is 6.10. The number of hydrogen-bond donors (Lipinski definition) is 1. The van der Waals surface area contributed by atoms with E-state index in [9.17, 15) is 9.59 Å². The van der Waals surface area contributed by atoms with Crippen LogP contribution in [-0.2, 0) is 16.0 Å². The Morgan fingerprint density at radius 2 is 1.58 bits per heavy atom. The fraction of sp³-hybridized carbons (Fsp3) is 0.125. The molecule has 0 spiro atoms. The van der Waals surface area contributed by atoms with Crippen LogP contribution >= 0.6 is 0 Å². The van der Waals surface area contributed by atoms with Crippen LogP contribution in [0.1, 0.15) is 11.1 Å². The van der Waals surface area contributed by atoms with Crippen molar-refractivity contribution in [3.63, 3.8) is 0 Å². The molecule has 0 aliphatic carbocycles. The molecule has 0 aliphatic heterocycles. The van der Waals surface area contributed by atoms with Crippen molar-refractivity contribution >= 4 is 17.4 Å². The quantitative estimate of drug-likeness (QED) is 0.852. The number of anilines is 1. The topological polar surface area (TPSA) is 46.2 Å². The van der Waals surface area contributed by atoms with Crippen molar-refractivity contribution in [3.05, 3.63) is 65.7 Å². The molecule has 0 fully saturated rings. The van der Waals surface area contributed by atoms with E-state index in [4.69, 9.17) is 0 Å². The van der Waals surface area contributed by atoms with Crippen LogP contribution in [0.25, 0.3) is 0 Å². The Morgan fingerprint density at radius 1 is 0.947 bits per heavy atom. The van der Waals surface area contributed by atoms with Gasteiger partial charge in [-0.3, -0.25) is 9.59 Å². The van der Waals surface area contributed by atoms with Gasteiger partial charge in [0.2, 0.25) is 5.78 Å². The molecular weight excluding hydrogens is 238 g/mol. The summed E-state index contributed by atoms with van der Waals surface area (Å²) in [7, 11) is 0. The van der Waals surface area contributed by atoms with Crippen LogP contribution in [0.3, 0.4) is 0 Å². The summed E-state index contributed by atoms with van der Waals surface area (Å²) in [5, 5.41) is 2.64. The van der Waals surface area contributed by atoms with Gasteiger partial charge in [0, 0.05) is 12.1 Å². The third-order valence-corrected chi connectivity index (χ3v) is 2.85. The predicted octanol–water partition coefficient (Wildman–Crippen LogP) is 2.75. The van der Waals surface area contributed by atoms with E-state index in [1.165, 1.54) is 0 Å². The molecule has 19 heavy (non-hydrogen) atoms. The number of para-hydroxylation sites is 1. The summed E-state index contributed by atoms with van der Waals surface area (Å²) in [6.07, 6.45) is 0.124. The average molecular weight is 253 g/mol. The first-order chi connectivity index (χ1) is 9.16. The number of carbonyl (C=O) groups is 2. The standard InChI is InChI=1S/C16H15NO2/c1-12-7-5-6-10-14(12)17-16(19)15(18)11-13-8-3-2-4-9-13/h2-10H,11H2,1H3,(H,17,19). The lowest BCUT2D eigenvalue weighted by Gasteiger charge is -2.07. The monoisotopic (exact) mass is 253 g/mol. The van der Waals surface area contributed by atoms with Crippen molar-refractivity contribution in [1.82, 2.24) is 0 Å². The molecule has 1 N–H and O–H groups in total. The number of nitrogens with one attached hydrogen (secondary N) is 1. The van der Waals surface area contributed by atoms with E-state index in [0.717, 1.165) is 11.1 Å². The summed E-state index contributed by atoms with van der Waals surface area (Å²) in [6, 6.07) is 16.6. The van der Waals surface area contributed by atoms with Crippen molar-refractivity contribution in [2.45, 2.75) is 13.3 Å². The van der Waals surface area contributed by atoms with Gasteiger partial charge in [-0.05, 0) is 24.1 Å². The third-order valence-electron chi connectivity index (χ3n) is 2.85. The molecule has 3 heteroatoms. The third kappa shape index (κ3) is 3.52. The van der Waals surface area contributed by atoms with Gasteiger partial charge >= 0.3 is 0 Å². The first-order valence-corrected chi connectivity index (χ1v) is 6.10. The van der Waals surface area contributed by atoms with Gasteiger partial charge in [-0.25, -0.2) is 0 Å². The van der Waals surface area contributed by atoms with Gasteiger partial charge in [-0.1, -0.05) is 48.5 Å². The van der Waals surface area contributed by atoms with Gasteiger partial charge in [-0.2, -0.15) is 0 Å². The summed E-state index contributed by atoms with van der Waals surface area (Å²) in [6.45, 7) is 1.89. The van der Waals surface area contributed by atoms with Gasteiger partial charge in [-0.15, -0.1) is 0 Å². The van der Waals surface area contributed by atoms with Gasteiger partial charge in [0.25, 0.3) is 5.91 Å². The zero-order valence-corrected chi connectivity index (χ0v) is 10.7. The number of ketones is 1. The number of aryl methyl sites for hydroxylation is 1. The average Bonchev–Trinajstić information content (AvgIpc) is 2.42. The Kier molecular flexibility index (Phi) is 4.08. The molecule has 0 unspecified atom stereocenters. The van der Waals surface area contributed by atoms with Gasteiger partial charge < -0.3 is 5.32 Å². The zero-order valence-electron chi connectivity index (χ0n) is 10.7. The summed E-state index contributed by atoms with van der Waals surface area (Å²) in [4.78, 5) is 23.6. The highest BCUT2D eigenvalue weighted by molar-refractivity contribution is 6.41. The van der Waals surface area contributed by atoms with Gasteiger partial charge in [0.1, 0.15) is 0 Å². The molecule has 2 aromatic rings. The van der Waals surface area contributed by atoms with Crippen LogP contribution < -0.4 is 5.32 Å². The van der Waals surface area contributed by atoms with Crippen LogP contribution in [-0.4, -0.2) is 11.7 Å². The molecule has 96 valence electrons. The Balaban J connectivity index is 2.01. The van der Waals surface area contributed by atoms with E-state index >= 15 is 0 Å². The minimum Gasteiger partial charge on any atom is -0.319 e. The maximum Gasteiger partial charge on any atom is 0.292 e. The number of amides is 1. The Labute approximate surface area is 112 Å². The maximum absolute atomic E-state index is 11.8. The van der Waals surface area contributed by atoms with Gasteiger partial charge in [0.05, 0.1) is 0 Å². The molecule has 0 bridgehead atoms. The molecule has 2 aromatic carbocycles. The highest BCUT2D eigenvalue weighted by Gasteiger charge is 2.14. The van der Waals surface area contributed by atoms with Crippen LogP contribution in [0.15, 0.2) is 54.6 Å². The molecule has 0 heterocycles. The Hall–Kier alpha value is -2.42. The second kappa shape index (κ2) is 5.96. The molecule has 0 radical (unpaired) electrons. The molecule has 3 nitrogen and oxygen atoms in total. The normalized spacial score (nSPS) is 9.95. The summed E-state index contributed by atoms with van der Waals surface area (Å²) >= 11 is 0. The lowest BCUT2D eigenvalue weighted by molar-refractivity contribution is -0.134. The molecule has 0 aliphatic rings. The second-order valence-electron chi connectivity index (χ2n) is 4.35. The van der Waals surface area contributed by atoms with Crippen molar-refractivity contribution in [3.8, 4) is 0 Å². The molecule has 1 amide bonds. The van der Waals surface area contributed by atoms with Crippen LogP contribution in [0.2, 0.25) is 0 Å². The highest BCUT2D eigenvalue weighted by atomic mass is 16.2. The van der Waals surface area contributed by atoms with E-state index < -0.39 is 11.7 Å². The lowest BCUT2D eigenvalue weighted by atomic mass is 10.1. The van der Waals surface area contributed by atoms with Crippen molar-refractivity contribution < 1.29 is 9.59 Å². The minimum absolute atomic E-state index is 0.124. The smallest absolute Gasteiger partial charge is 0.292 e. The Morgan fingerprint density at radius 3 is 2.26 bits per heavy atom.